The van der Waals surface area contributed by atoms with Crippen LogP contribution < -0.4 is 10.2 Å². The second-order valence-corrected chi connectivity index (χ2v) is 5.97. The lowest BCUT2D eigenvalue weighted by molar-refractivity contribution is -0.123. The van der Waals surface area contributed by atoms with E-state index in [0.29, 0.717) is 16.8 Å². The molecule has 0 bridgehead atoms. The molecule has 0 saturated carbocycles. The minimum absolute atomic E-state index is 0.0986. The van der Waals surface area contributed by atoms with Gasteiger partial charge in [-0.05, 0) is 26.0 Å². The van der Waals surface area contributed by atoms with Crippen LogP contribution >= 0.6 is 11.6 Å². The number of hydrogen-bond donors (Lipinski definition) is 1. The normalized spacial score (nSPS) is 15.7. The van der Waals surface area contributed by atoms with E-state index in [0.717, 1.165) is 31.6 Å². The largest absolute Gasteiger partial charge is 0.482 e. The summed E-state index contributed by atoms with van der Waals surface area (Å²) in [7, 11) is 0. The van der Waals surface area contributed by atoms with Crippen LogP contribution in [0.4, 0.5) is 0 Å². The lowest BCUT2D eigenvalue weighted by atomic mass is 10.1. The number of carbonyl (C=O) groups is 1. The molecule has 5 nitrogen and oxygen atoms in total. The van der Waals surface area contributed by atoms with Gasteiger partial charge in [-0.3, -0.25) is 4.79 Å². The van der Waals surface area contributed by atoms with Crippen molar-refractivity contribution in [2.75, 3.05) is 19.7 Å². The van der Waals surface area contributed by atoms with Gasteiger partial charge < -0.3 is 9.64 Å². The van der Waals surface area contributed by atoms with Gasteiger partial charge in [-0.2, -0.15) is 5.10 Å². The highest BCUT2D eigenvalue weighted by molar-refractivity contribution is 6.32. The summed E-state index contributed by atoms with van der Waals surface area (Å²) in [6, 6.07) is 7.62. The van der Waals surface area contributed by atoms with E-state index >= 15 is 0 Å². The van der Waals surface area contributed by atoms with Crippen molar-refractivity contribution in [1.82, 2.24) is 10.3 Å². The van der Waals surface area contributed by atoms with Crippen LogP contribution in [-0.2, 0) is 4.79 Å². The highest BCUT2D eigenvalue weighted by Crippen LogP contribution is 2.22. The van der Waals surface area contributed by atoms with Crippen LogP contribution in [0.2, 0.25) is 5.02 Å². The molecule has 1 aliphatic rings. The Bertz CT molecular complexity index is 536. The average Bonchev–Trinajstić information content (AvgIpc) is 2.52. The quantitative estimate of drug-likeness (QED) is 0.848. The molecule has 6 heteroatoms. The van der Waals surface area contributed by atoms with Crippen molar-refractivity contribution in [3.8, 4) is 5.75 Å². The number of hydrogen-bond acceptors (Lipinski definition) is 4. The lowest BCUT2D eigenvalue weighted by Crippen LogP contribution is -2.39. The van der Waals surface area contributed by atoms with E-state index in [9.17, 15) is 4.79 Å². The second-order valence-electron chi connectivity index (χ2n) is 5.56. The standard InChI is InChI=1S/C16H22ClN3O2/c1-12(2)20-9-7-13(8-10-20)18-19-16(21)11-22-15-6-4-3-5-14(15)17/h3-6,12H,7-11H2,1-2H3,(H,19,21). The van der Waals surface area contributed by atoms with Crippen molar-refractivity contribution in [1.29, 1.82) is 0 Å². The molecule has 1 amide bonds. The van der Waals surface area contributed by atoms with E-state index < -0.39 is 0 Å². The van der Waals surface area contributed by atoms with Gasteiger partial charge in [-0.15, -0.1) is 0 Å². The summed E-state index contributed by atoms with van der Waals surface area (Å²) in [6.45, 7) is 6.26. The van der Waals surface area contributed by atoms with Crippen LogP contribution in [-0.4, -0.2) is 42.3 Å². The number of piperidine rings is 1. The highest BCUT2D eigenvalue weighted by Gasteiger charge is 2.17. The highest BCUT2D eigenvalue weighted by atomic mass is 35.5. The van der Waals surface area contributed by atoms with Crippen molar-refractivity contribution >= 4 is 23.2 Å². The molecule has 22 heavy (non-hydrogen) atoms. The fourth-order valence-electron chi connectivity index (χ4n) is 2.29. The van der Waals surface area contributed by atoms with Gasteiger partial charge in [-0.25, -0.2) is 5.43 Å². The van der Waals surface area contributed by atoms with Gasteiger partial charge in [0.1, 0.15) is 5.75 Å². The fourth-order valence-corrected chi connectivity index (χ4v) is 2.48. The molecule has 0 aliphatic carbocycles. The zero-order chi connectivity index (χ0) is 15.9. The van der Waals surface area contributed by atoms with Crippen molar-refractivity contribution in [2.24, 2.45) is 5.10 Å². The molecule has 0 unspecified atom stereocenters. The van der Waals surface area contributed by atoms with Gasteiger partial charge in [0.05, 0.1) is 5.02 Å². The van der Waals surface area contributed by atoms with E-state index in [-0.39, 0.29) is 12.5 Å². The third-order valence-corrected chi connectivity index (χ3v) is 3.95. The molecular weight excluding hydrogens is 302 g/mol. The Morgan fingerprint density at radius 2 is 2.05 bits per heavy atom. The third kappa shape index (κ3) is 5.00. The fraction of sp³-hybridized carbons (Fsp3) is 0.500. The van der Waals surface area contributed by atoms with Crippen molar-refractivity contribution in [3.63, 3.8) is 0 Å². The number of nitrogens with zero attached hydrogens (tertiary/aromatic N) is 2. The van der Waals surface area contributed by atoms with E-state index in [1.165, 1.54) is 0 Å². The monoisotopic (exact) mass is 323 g/mol. The number of nitrogens with one attached hydrogen (secondary N) is 1. The van der Waals surface area contributed by atoms with Crippen LogP contribution in [0.3, 0.4) is 0 Å². The topological polar surface area (TPSA) is 53.9 Å². The Kier molecular flexibility index (Phi) is 6.21. The number of hydrazone groups is 1. The van der Waals surface area contributed by atoms with Gasteiger partial charge in [-0.1, -0.05) is 23.7 Å². The summed E-state index contributed by atoms with van der Waals surface area (Å²) < 4.78 is 5.37. The number of para-hydroxylation sites is 1. The summed E-state index contributed by atoms with van der Waals surface area (Å²) in [5.41, 5.74) is 3.58. The SMILES string of the molecule is CC(C)N1CCC(=NNC(=O)COc2ccccc2Cl)CC1. The molecule has 0 atom stereocenters. The average molecular weight is 324 g/mol. The molecule has 0 radical (unpaired) electrons. The van der Waals surface area contributed by atoms with E-state index in [1.54, 1.807) is 12.1 Å². The minimum atomic E-state index is -0.279. The molecule has 1 N–H and O–H groups in total. The summed E-state index contributed by atoms with van der Waals surface area (Å²) in [5.74, 6) is 0.218. The van der Waals surface area contributed by atoms with Gasteiger partial charge in [0, 0.05) is 37.7 Å². The Balaban J connectivity index is 1.74. The van der Waals surface area contributed by atoms with Gasteiger partial charge in [0.15, 0.2) is 6.61 Å². The van der Waals surface area contributed by atoms with Gasteiger partial charge in [0.25, 0.3) is 5.91 Å². The number of ether oxygens (including phenoxy) is 1. The number of rotatable bonds is 5. The number of carbonyl (C=O) groups excluding carboxylic acids is 1. The van der Waals surface area contributed by atoms with Gasteiger partial charge in [0.2, 0.25) is 0 Å². The van der Waals surface area contributed by atoms with Gasteiger partial charge >= 0.3 is 0 Å². The van der Waals surface area contributed by atoms with E-state index in [2.05, 4.69) is 29.3 Å². The Morgan fingerprint density at radius 1 is 1.36 bits per heavy atom. The third-order valence-electron chi connectivity index (χ3n) is 3.64. The molecule has 1 fully saturated rings. The lowest BCUT2D eigenvalue weighted by Gasteiger charge is -2.30. The Hall–Kier alpha value is -1.59. The number of amides is 1. The first-order valence-electron chi connectivity index (χ1n) is 7.52. The van der Waals surface area contributed by atoms with Crippen LogP contribution in [0.5, 0.6) is 5.75 Å². The molecule has 1 aromatic carbocycles. The van der Waals surface area contributed by atoms with Crippen LogP contribution in [0.15, 0.2) is 29.4 Å². The molecular formula is C16H22ClN3O2. The Morgan fingerprint density at radius 3 is 2.68 bits per heavy atom. The zero-order valence-corrected chi connectivity index (χ0v) is 13.8. The maximum atomic E-state index is 11.7. The smallest absolute Gasteiger partial charge is 0.277 e. The zero-order valence-electron chi connectivity index (χ0n) is 13.0. The first kappa shape index (κ1) is 16.8. The molecule has 1 saturated heterocycles. The first-order chi connectivity index (χ1) is 10.6. The second kappa shape index (κ2) is 8.15. The minimum Gasteiger partial charge on any atom is -0.482 e. The molecule has 1 aliphatic heterocycles. The number of likely N-dealkylation sites (tertiary alicyclic amines) is 1. The predicted molar refractivity (Wildman–Crippen MR) is 88.5 cm³/mol. The van der Waals surface area contributed by atoms with Crippen molar-refractivity contribution in [3.05, 3.63) is 29.3 Å². The molecule has 1 aromatic rings. The molecule has 2 rings (SSSR count). The van der Waals surface area contributed by atoms with E-state index in [4.69, 9.17) is 16.3 Å². The first-order valence-corrected chi connectivity index (χ1v) is 7.89. The molecule has 1 heterocycles. The molecule has 0 spiro atoms. The number of benzene rings is 1. The van der Waals surface area contributed by atoms with Crippen molar-refractivity contribution < 1.29 is 9.53 Å². The molecule has 0 aromatic heterocycles. The summed E-state index contributed by atoms with van der Waals surface area (Å²) >= 11 is 5.96. The maximum absolute atomic E-state index is 11.7. The van der Waals surface area contributed by atoms with Crippen LogP contribution in [0, 0.1) is 0 Å². The maximum Gasteiger partial charge on any atom is 0.277 e. The van der Waals surface area contributed by atoms with Crippen LogP contribution in [0.1, 0.15) is 26.7 Å². The van der Waals surface area contributed by atoms with E-state index in [1.807, 2.05) is 12.1 Å². The Labute approximate surface area is 136 Å². The van der Waals surface area contributed by atoms with Crippen molar-refractivity contribution in [2.45, 2.75) is 32.7 Å². The number of halogens is 1. The van der Waals surface area contributed by atoms with Crippen LogP contribution in [0.25, 0.3) is 0 Å². The predicted octanol–water partition coefficient (Wildman–Crippen LogP) is 2.70. The summed E-state index contributed by atoms with van der Waals surface area (Å²) in [5, 5.41) is 4.68. The molecule has 120 valence electrons. The summed E-state index contributed by atoms with van der Waals surface area (Å²) in [6.07, 6.45) is 1.79. The summed E-state index contributed by atoms with van der Waals surface area (Å²) in [4.78, 5) is 14.2.